The number of hydrogen-bond donors (Lipinski definition) is 0. The second-order valence-corrected chi connectivity index (χ2v) is 14.5. The molecule has 7 aromatic carbocycles. The van der Waals surface area contributed by atoms with Crippen LogP contribution in [0.1, 0.15) is 0 Å². The van der Waals surface area contributed by atoms with Gasteiger partial charge in [-0.3, -0.25) is 0 Å². The van der Waals surface area contributed by atoms with E-state index in [0.29, 0.717) is 5.89 Å². The van der Waals surface area contributed by atoms with Crippen LogP contribution in [0, 0.1) is 0 Å². The summed E-state index contributed by atoms with van der Waals surface area (Å²) in [4.78, 5) is 7.32. The molecule has 6 heteroatoms. The lowest BCUT2D eigenvalue weighted by molar-refractivity contribution is 0.620. The highest BCUT2D eigenvalue weighted by Gasteiger charge is 2.22. The van der Waals surface area contributed by atoms with Crippen LogP contribution >= 0.6 is 22.7 Å². The number of benzene rings is 7. The zero-order valence-corrected chi connectivity index (χ0v) is 27.5. The predicted octanol–water partition coefficient (Wildman–Crippen LogP) is 13.6. The Kier molecular flexibility index (Phi) is 5.67. The molecule has 0 fully saturated rings. The monoisotopic (exact) mass is 664 g/mol. The molecule has 230 valence electrons. The Balaban J connectivity index is 1.17. The van der Waals surface area contributed by atoms with E-state index in [1.54, 1.807) is 11.3 Å². The molecule has 4 aromatic heterocycles. The van der Waals surface area contributed by atoms with E-state index >= 15 is 0 Å². The van der Waals surface area contributed by atoms with Crippen LogP contribution in [-0.2, 0) is 0 Å². The van der Waals surface area contributed by atoms with Crippen molar-refractivity contribution in [2.45, 2.75) is 0 Å². The lowest BCUT2D eigenvalue weighted by atomic mass is 10.1. The molecule has 0 saturated carbocycles. The molecule has 0 unspecified atom stereocenters. The Morgan fingerprint density at radius 1 is 0.449 bits per heavy atom. The Morgan fingerprint density at radius 2 is 1.14 bits per heavy atom. The highest BCUT2D eigenvalue weighted by atomic mass is 32.1. The van der Waals surface area contributed by atoms with Crippen molar-refractivity contribution in [2.24, 2.45) is 0 Å². The summed E-state index contributed by atoms with van der Waals surface area (Å²) in [5.74, 6) is 0.634. The molecule has 11 rings (SSSR count). The second kappa shape index (κ2) is 10.3. The van der Waals surface area contributed by atoms with E-state index in [-0.39, 0.29) is 0 Å². The van der Waals surface area contributed by atoms with Crippen LogP contribution < -0.4 is 4.90 Å². The molecule has 49 heavy (non-hydrogen) atoms. The van der Waals surface area contributed by atoms with E-state index in [0.717, 1.165) is 61.1 Å². The van der Waals surface area contributed by atoms with Crippen LogP contribution in [0.2, 0.25) is 0 Å². The number of rotatable bonds is 4. The third kappa shape index (κ3) is 4.11. The zero-order valence-electron chi connectivity index (χ0n) is 25.9. The van der Waals surface area contributed by atoms with E-state index in [4.69, 9.17) is 13.8 Å². The van der Waals surface area contributed by atoms with E-state index in [9.17, 15) is 0 Å². The van der Waals surface area contributed by atoms with E-state index < -0.39 is 0 Å². The van der Waals surface area contributed by atoms with E-state index in [1.807, 2.05) is 53.8 Å². The summed E-state index contributed by atoms with van der Waals surface area (Å²) in [6, 6.07) is 51.4. The Bertz CT molecular complexity index is 2960. The molecule has 0 N–H and O–H groups in total. The lowest BCUT2D eigenvalue weighted by Crippen LogP contribution is -2.10. The van der Waals surface area contributed by atoms with Gasteiger partial charge in [-0.2, -0.15) is 0 Å². The average molecular weight is 665 g/mol. The number of oxazole rings is 1. The van der Waals surface area contributed by atoms with Gasteiger partial charge in [-0.25, -0.2) is 4.98 Å². The summed E-state index contributed by atoms with van der Waals surface area (Å²) in [6.07, 6.45) is 0. The first-order chi connectivity index (χ1) is 24.2. The summed E-state index contributed by atoms with van der Waals surface area (Å²) in [6.45, 7) is 0. The van der Waals surface area contributed by atoms with Gasteiger partial charge in [0.2, 0.25) is 5.89 Å². The standard InChI is InChI=1S/C43H24N2O2S2/c1-2-9-25(10-3-1)43-44-33-23-32-41(24-37(33)47-43)49-39-16-8-13-34(42(32)39)45(26-17-19-29-28-11-4-6-14-35(28)46-36(29)21-26)27-18-20-31-30-12-5-7-15-38(30)48-40(31)22-27/h1-24H. The summed E-state index contributed by atoms with van der Waals surface area (Å²) in [5, 5.41) is 7.16. The highest BCUT2D eigenvalue weighted by molar-refractivity contribution is 7.26. The van der Waals surface area contributed by atoms with Crippen molar-refractivity contribution in [2.75, 3.05) is 4.90 Å². The maximum Gasteiger partial charge on any atom is 0.227 e. The quantitative estimate of drug-likeness (QED) is 0.188. The van der Waals surface area contributed by atoms with Crippen molar-refractivity contribution in [3.05, 3.63) is 146 Å². The number of nitrogens with zero attached hydrogens (tertiary/aromatic N) is 2. The number of para-hydroxylation sites is 1. The third-order valence-electron chi connectivity index (χ3n) is 9.49. The number of furan rings is 1. The van der Waals surface area contributed by atoms with Crippen LogP contribution in [0.5, 0.6) is 0 Å². The fraction of sp³-hybridized carbons (Fsp3) is 0. The van der Waals surface area contributed by atoms with Gasteiger partial charge in [0.15, 0.2) is 5.58 Å². The maximum atomic E-state index is 6.41. The minimum Gasteiger partial charge on any atom is -0.456 e. The van der Waals surface area contributed by atoms with Gasteiger partial charge < -0.3 is 13.7 Å². The van der Waals surface area contributed by atoms with Crippen LogP contribution in [0.25, 0.3) is 84.8 Å². The number of thiophene rings is 2. The van der Waals surface area contributed by atoms with Crippen molar-refractivity contribution in [1.82, 2.24) is 4.98 Å². The number of fused-ring (bicyclic) bond motifs is 10. The molecular weight excluding hydrogens is 641 g/mol. The van der Waals surface area contributed by atoms with Crippen molar-refractivity contribution in [3.63, 3.8) is 0 Å². The van der Waals surface area contributed by atoms with Crippen molar-refractivity contribution < 1.29 is 8.83 Å². The number of anilines is 3. The zero-order chi connectivity index (χ0) is 32.1. The van der Waals surface area contributed by atoms with Crippen LogP contribution in [0.4, 0.5) is 17.1 Å². The molecule has 0 radical (unpaired) electrons. The SMILES string of the molecule is c1ccc(-c2nc3cc4c(cc3o2)sc2cccc(N(c3ccc5c(c3)oc3ccccc35)c3ccc5c(c3)sc3ccccc35)c24)cc1. The molecule has 0 amide bonds. The maximum absolute atomic E-state index is 6.41. The van der Waals surface area contributed by atoms with Gasteiger partial charge in [0.05, 0.1) is 5.69 Å². The topological polar surface area (TPSA) is 42.4 Å². The summed E-state index contributed by atoms with van der Waals surface area (Å²) in [7, 11) is 0. The largest absolute Gasteiger partial charge is 0.456 e. The first-order valence-electron chi connectivity index (χ1n) is 16.2. The van der Waals surface area contributed by atoms with Gasteiger partial charge in [-0.1, -0.05) is 66.7 Å². The molecule has 11 aromatic rings. The average Bonchev–Trinajstić information content (AvgIpc) is 3.91. The van der Waals surface area contributed by atoms with Gasteiger partial charge in [-0.15, -0.1) is 22.7 Å². The summed E-state index contributed by atoms with van der Waals surface area (Å²) >= 11 is 3.62. The molecule has 0 atom stereocenters. The van der Waals surface area contributed by atoms with Gasteiger partial charge >= 0.3 is 0 Å². The lowest BCUT2D eigenvalue weighted by Gasteiger charge is -2.26. The minimum atomic E-state index is 0.634. The Morgan fingerprint density at radius 3 is 2.06 bits per heavy atom. The van der Waals surface area contributed by atoms with E-state index in [2.05, 4.69) is 108 Å². The van der Waals surface area contributed by atoms with Crippen LogP contribution in [0.3, 0.4) is 0 Å². The Labute approximate surface area is 287 Å². The van der Waals surface area contributed by atoms with Gasteiger partial charge in [0.1, 0.15) is 16.7 Å². The van der Waals surface area contributed by atoms with Crippen LogP contribution in [0.15, 0.2) is 154 Å². The number of aromatic nitrogens is 1. The molecule has 0 bridgehead atoms. The highest BCUT2D eigenvalue weighted by Crippen LogP contribution is 2.48. The fourth-order valence-corrected chi connectivity index (χ4v) is 9.53. The molecule has 4 heterocycles. The van der Waals surface area contributed by atoms with Crippen molar-refractivity contribution in [3.8, 4) is 11.5 Å². The molecule has 4 nitrogen and oxygen atoms in total. The van der Waals surface area contributed by atoms with Gasteiger partial charge in [0, 0.05) is 80.2 Å². The third-order valence-corrected chi connectivity index (χ3v) is 11.7. The second-order valence-electron chi connectivity index (χ2n) is 12.3. The molecule has 0 spiro atoms. The molecule has 0 aliphatic heterocycles. The summed E-state index contributed by atoms with van der Waals surface area (Å²) in [5.41, 5.74) is 7.60. The van der Waals surface area contributed by atoms with Gasteiger partial charge in [-0.05, 0) is 66.7 Å². The normalized spacial score (nSPS) is 12.1. The Hall–Kier alpha value is -5.95. The van der Waals surface area contributed by atoms with Gasteiger partial charge in [0.25, 0.3) is 0 Å². The number of hydrogen-bond acceptors (Lipinski definition) is 6. The first kappa shape index (κ1) is 27.0. The molecule has 0 saturated heterocycles. The first-order valence-corrected chi connectivity index (χ1v) is 17.8. The summed E-state index contributed by atoms with van der Waals surface area (Å²) < 4.78 is 17.6. The minimum absolute atomic E-state index is 0.634. The van der Waals surface area contributed by atoms with E-state index in [1.165, 1.54) is 35.0 Å². The molecular formula is C43H24N2O2S2. The van der Waals surface area contributed by atoms with Crippen molar-refractivity contribution >= 4 is 113 Å². The van der Waals surface area contributed by atoms with Crippen molar-refractivity contribution in [1.29, 1.82) is 0 Å². The smallest absolute Gasteiger partial charge is 0.227 e. The fourth-order valence-electron chi connectivity index (χ4n) is 7.25. The predicted molar refractivity (Wildman–Crippen MR) is 207 cm³/mol. The molecule has 0 aliphatic carbocycles. The van der Waals surface area contributed by atoms with Crippen LogP contribution in [-0.4, -0.2) is 4.98 Å². The molecule has 0 aliphatic rings.